The topological polar surface area (TPSA) is 85.9 Å². The standard InChI is InChI=1S/C24H43NO8/c1-25-7-8-26-9-10-27-11-12-28-13-14-29-15-16-30-17-18-31-19-20-32-21-22-33-23-24-5-3-2-4-6-24/h2-6,25H,7-23H2,1H3. The van der Waals surface area contributed by atoms with Crippen molar-refractivity contribution in [2.24, 2.45) is 0 Å². The van der Waals surface area contributed by atoms with Crippen molar-refractivity contribution >= 4 is 0 Å². The highest BCUT2D eigenvalue weighted by Gasteiger charge is 1.95. The van der Waals surface area contributed by atoms with Gasteiger partial charge in [-0.1, -0.05) is 30.3 Å². The van der Waals surface area contributed by atoms with E-state index in [0.29, 0.717) is 106 Å². The van der Waals surface area contributed by atoms with Crippen LogP contribution in [0.4, 0.5) is 0 Å². The van der Waals surface area contributed by atoms with Crippen LogP contribution in [0, 0.1) is 0 Å². The van der Waals surface area contributed by atoms with Gasteiger partial charge in [0.15, 0.2) is 0 Å². The maximum absolute atomic E-state index is 5.55. The fourth-order valence-electron chi connectivity index (χ4n) is 2.48. The van der Waals surface area contributed by atoms with E-state index in [1.54, 1.807) is 0 Å². The van der Waals surface area contributed by atoms with E-state index in [-0.39, 0.29) is 0 Å². The fourth-order valence-corrected chi connectivity index (χ4v) is 2.48. The lowest BCUT2D eigenvalue weighted by Crippen LogP contribution is -2.17. The predicted molar refractivity (Wildman–Crippen MR) is 126 cm³/mol. The molecule has 0 heterocycles. The van der Waals surface area contributed by atoms with E-state index in [1.165, 1.54) is 5.56 Å². The quantitative estimate of drug-likeness (QED) is 0.201. The molecule has 0 unspecified atom stereocenters. The maximum Gasteiger partial charge on any atom is 0.0718 e. The number of benzene rings is 1. The Morgan fingerprint density at radius 1 is 0.455 bits per heavy atom. The normalized spacial score (nSPS) is 11.3. The van der Waals surface area contributed by atoms with Gasteiger partial charge in [0.25, 0.3) is 0 Å². The minimum Gasteiger partial charge on any atom is -0.378 e. The Balaban J connectivity index is 1.64. The molecule has 9 heteroatoms. The number of nitrogens with one attached hydrogen (secondary N) is 1. The van der Waals surface area contributed by atoms with Gasteiger partial charge in [0, 0.05) is 6.54 Å². The van der Waals surface area contributed by atoms with Gasteiger partial charge < -0.3 is 43.2 Å². The molecular weight excluding hydrogens is 430 g/mol. The van der Waals surface area contributed by atoms with Crippen molar-refractivity contribution in [2.75, 3.05) is 113 Å². The smallest absolute Gasteiger partial charge is 0.0718 e. The highest BCUT2D eigenvalue weighted by atomic mass is 16.6. The van der Waals surface area contributed by atoms with Crippen LogP contribution in [0.1, 0.15) is 5.56 Å². The average molecular weight is 474 g/mol. The molecule has 1 aromatic carbocycles. The maximum atomic E-state index is 5.55. The molecule has 0 aromatic heterocycles. The molecule has 192 valence electrons. The summed E-state index contributed by atoms with van der Waals surface area (Å²) in [6.45, 7) is 9.93. The Hall–Kier alpha value is -1.14. The van der Waals surface area contributed by atoms with E-state index in [1.807, 2.05) is 37.4 Å². The monoisotopic (exact) mass is 473 g/mol. The average Bonchev–Trinajstić information content (AvgIpc) is 2.84. The SMILES string of the molecule is CNCCOCCOCCOCCOCCOCCOCCOCCOCc1ccccc1. The molecule has 1 aromatic rings. The van der Waals surface area contributed by atoms with Gasteiger partial charge in [-0.2, -0.15) is 0 Å². The van der Waals surface area contributed by atoms with Crippen LogP contribution < -0.4 is 5.32 Å². The third kappa shape index (κ3) is 22.4. The molecular formula is C24H43NO8. The summed E-state index contributed by atoms with van der Waals surface area (Å²) in [5, 5.41) is 3.02. The lowest BCUT2D eigenvalue weighted by atomic mass is 10.2. The van der Waals surface area contributed by atoms with Crippen LogP contribution in [0.3, 0.4) is 0 Å². The first kappa shape index (κ1) is 29.9. The Kier molecular flexibility index (Phi) is 23.1. The zero-order valence-electron chi connectivity index (χ0n) is 20.2. The highest BCUT2D eigenvalue weighted by molar-refractivity contribution is 5.13. The summed E-state index contributed by atoms with van der Waals surface area (Å²) in [5.41, 5.74) is 1.17. The van der Waals surface area contributed by atoms with E-state index in [0.717, 1.165) is 6.54 Å². The molecule has 0 amide bonds. The van der Waals surface area contributed by atoms with Crippen LogP contribution >= 0.6 is 0 Å². The van der Waals surface area contributed by atoms with Crippen LogP contribution in [-0.4, -0.2) is 113 Å². The first-order valence-electron chi connectivity index (χ1n) is 11.7. The molecule has 0 radical (unpaired) electrons. The second-order valence-corrected chi connectivity index (χ2v) is 6.93. The van der Waals surface area contributed by atoms with E-state index in [4.69, 9.17) is 37.9 Å². The summed E-state index contributed by atoms with van der Waals surface area (Å²) in [6, 6.07) is 10.1. The van der Waals surface area contributed by atoms with Crippen molar-refractivity contribution in [3.63, 3.8) is 0 Å². The van der Waals surface area contributed by atoms with E-state index in [2.05, 4.69) is 5.32 Å². The lowest BCUT2D eigenvalue weighted by Gasteiger charge is -2.08. The number of likely N-dealkylation sites (N-methyl/N-ethyl adjacent to an activating group) is 1. The molecule has 0 atom stereocenters. The van der Waals surface area contributed by atoms with Gasteiger partial charge in [-0.3, -0.25) is 0 Å². The van der Waals surface area contributed by atoms with Gasteiger partial charge in [0.05, 0.1) is 106 Å². The fraction of sp³-hybridized carbons (Fsp3) is 0.750. The molecule has 1 N–H and O–H groups in total. The summed E-state index contributed by atoms with van der Waals surface area (Å²) in [5.74, 6) is 0. The third-order valence-electron chi connectivity index (χ3n) is 4.21. The second kappa shape index (κ2) is 25.5. The largest absolute Gasteiger partial charge is 0.378 e. The van der Waals surface area contributed by atoms with E-state index in [9.17, 15) is 0 Å². The number of rotatable bonds is 26. The van der Waals surface area contributed by atoms with Crippen LogP contribution in [-0.2, 0) is 44.5 Å². The second-order valence-electron chi connectivity index (χ2n) is 6.93. The Labute approximate surface area is 198 Å². The molecule has 0 aliphatic heterocycles. The molecule has 0 fully saturated rings. The molecule has 9 nitrogen and oxygen atoms in total. The number of hydrogen-bond donors (Lipinski definition) is 1. The summed E-state index contributed by atoms with van der Waals surface area (Å²) in [6.07, 6.45) is 0. The Morgan fingerprint density at radius 2 is 0.788 bits per heavy atom. The molecule has 0 saturated heterocycles. The first-order chi connectivity index (χ1) is 16.4. The Bertz CT molecular complexity index is 495. The zero-order valence-corrected chi connectivity index (χ0v) is 20.2. The molecule has 1 rings (SSSR count). The van der Waals surface area contributed by atoms with Crippen molar-refractivity contribution < 1.29 is 37.9 Å². The molecule has 33 heavy (non-hydrogen) atoms. The summed E-state index contributed by atoms with van der Waals surface area (Å²) in [4.78, 5) is 0. The van der Waals surface area contributed by atoms with Crippen molar-refractivity contribution in [2.45, 2.75) is 6.61 Å². The third-order valence-corrected chi connectivity index (χ3v) is 4.21. The van der Waals surface area contributed by atoms with Gasteiger partial charge >= 0.3 is 0 Å². The molecule has 0 spiro atoms. The lowest BCUT2D eigenvalue weighted by molar-refractivity contribution is -0.0235. The molecule has 0 aliphatic carbocycles. The van der Waals surface area contributed by atoms with E-state index < -0.39 is 0 Å². The van der Waals surface area contributed by atoms with E-state index >= 15 is 0 Å². The summed E-state index contributed by atoms with van der Waals surface area (Å²) in [7, 11) is 1.90. The summed E-state index contributed by atoms with van der Waals surface area (Å²) >= 11 is 0. The van der Waals surface area contributed by atoms with Crippen LogP contribution in [0.5, 0.6) is 0 Å². The van der Waals surface area contributed by atoms with Gasteiger partial charge in [0.2, 0.25) is 0 Å². The minimum atomic E-state index is 0.537. The van der Waals surface area contributed by atoms with Crippen molar-refractivity contribution in [1.82, 2.24) is 5.32 Å². The number of ether oxygens (including phenoxy) is 8. The predicted octanol–water partition coefficient (Wildman–Crippen LogP) is 1.54. The van der Waals surface area contributed by atoms with Crippen molar-refractivity contribution in [3.8, 4) is 0 Å². The molecule has 0 bridgehead atoms. The van der Waals surface area contributed by atoms with Crippen LogP contribution in [0.25, 0.3) is 0 Å². The zero-order chi connectivity index (χ0) is 23.5. The molecule has 0 saturated carbocycles. The van der Waals surface area contributed by atoms with Gasteiger partial charge in [0.1, 0.15) is 0 Å². The molecule has 0 aliphatic rings. The van der Waals surface area contributed by atoms with Crippen LogP contribution in [0.15, 0.2) is 30.3 Å². The highest BCUT2D eigenvalue weighted by Crippen LogP contribution is 1.99. The number of hydrogen-bond acceptors (Lipinski definition) is 9. The van der Waals surface area contributed by atoms with Crippen LogP contribution in [0.2, 0.25) is 0 Å². The van der Waals surface area contributed by atoms with Gasteiger partial charge in [-0.15, -0.1) is 0 Å². The van der Waals surface area contributed by atoms with Gasteiger partial charge in [-0.05, 0) is 12.6 Å². The summed E-state index contributed by atoms with van der Waals surface area (Å²) < 4.78 is 43.6. The van der Waals surface area contributed by atoms with Crippen molar-refractivity contribution in [3.05, 3.63) is 35.9 Å². The van der Waals surface area contributed by atoms with Crippen molar-refractivity contribution in [1.29, 1.82) is 0 Å². The first-order valence-corrected chi connectivity index (χ1v) is 11.7. The van der Waals surface area contributed by atoms with Gasteiger partial charge in [-0.25, -0.2) is 0 Å². The minimum absolute atomic E-state index is 0.537. The Morgan fingerprint density at radius 3 is 1.15 bits per heavy atom.